The lowest BCUT2D eigenvalue weighted by Gasteiger charge is -2.10. The van der Waals surface area contributed by atoms with Crippen molar-refractivity contribution in [2.75, 3.05) is 6.61 Å². The molecule has 50 valence electrons. The summed E-state index contributed by atoms with van der Waals surface area (Å²) in [6.07, 6.45) is -1.29. The number of hydrogen-bond acceptors (Lipinski definition) is 4. The van der Waals surface area contributed by atoms with Crippen molar-refractivity contribution in [1.29, 1.82) is 0 Å². The molecule has 1 atom stereocenters. The van der Waals surface area contributed by atoms with Gasteiger partial charge in [-0.15, -0.1) is 0 Å². The molecule has 0 bridgehead atoms. The maximum atomic E-state index is 8.27. The molecule has 0 aromatic carbocycles. The van der Waals surface area contributed by atoms with Gasteiger partial charge in [0, 0.05) is 6.61 Å². The first-order valence-electron chi connectivity index (χ1n) is 2.41. The molecular weight excluding hydrogens is 110 g/mol. The summed E-state index contributed by atoms with van der Waals surface area (Å²) in [7, 11) is 0. The first-order chi connectivity index (χ1) is 3.68. The van der Waals surface area contributed by atoms with Crippen molar-refractivity contribution in [2.45, 2.75) is 18.8 Å². The predicted octanol–water partition coefficient (Wildman–Crippen LogP) is -1.99. The third kappa shape index (κ3) is 2.92. The summed E-state index contributed by atoms with van der Waals surface area (Å²) in [5.41, 5.74) is 5.07. The normalized spacial score (nSPS) is 14.6. The van der Waals surface area contributed by atoms with E-state index in [1.165, 1.54) is 0 Å². The Bertz CT molecular complexity index is 57.2. The fraction of sp³-hybridized carbons (Fsp3) is 1.00. The van der Waals surface area contributed by atoms with Crippen LogP contribution < -0.4 is 5.73 Å². The highest BCUT2D eigenvalue weighted by Crippen LogP contribution is 1.89. The maximum absolute atomic E-state index is 8.27. The topological polar surface area (TPSA) is 86.7 Å². The van der Waals surface area contributed by atoms with Gasteiger partial charge in [-0.3, -0.25) is 0 Å². The molecule has 0 heterocycles. The molecule has 0 amide bonds. The van der Waals surface area contributed by atoms with Crippen molar-refractivity contribution in [3.63, 3.8) is 0 Å². The van der Waals surface area contributed by atoms with Crippen LogP contribution in [0.2, 0.25) is 0 Å². The smallest absolute Gasteiger partial charge is 0.166 e. The lowest BCUT2D eigenvalue weighted by molar-refractivity contribution is -0.0620. The molecule has 5 N–H and O–H groups in total. The number of hydrogen-bond donors (Lipinski definition) is 4. The zero-order valence-electron chi connectivity index (χ0n) is 4.49. The summed E-state index contributed by atoms with van der Waals surface area (Å²) in [5, 5.41) is 24.7. The van der Waals surface area contributed by atoms with Crippen LogP contribution in [0.1, 0.15) is 6.42 Å². The third-order valence-electron chi connectivity index (χ3n) is 0.845. The van der Waals surface area contributed by atoms with Crippen LogP contribution in [0, 0.1) is 0 Å². The Hall–Kier alpha value is -0.160. The molecule has 0 aliphatic rings. The monoisotopic (exact) mass is 121 g/mol. The number of aliphatic hydroxyl groups is 3. The third-order valence-corrected chi connectivity index (χ3v) is 0.845. The number of rotatable bonds is 3. The average Bonchev–Trinajstić information content (AvgIpc) is 1.67. The minimum Gasteiger partial charge on any atom is -0.396 e. The highest BCUT2D eigenvalue weighted by Gasteiger charge is 2.08. The summed E-state index contributed by atoms with van der Waals surface area (Å²) < 4.78 is 0. The van der Waals surface area contributed by atoms with Gasteiger partial charge in [0.25, 0.3) is 0 Å². The van der Waals surface area contributed by atoms with Gasteiger partial charge in [0.15, 0.2) is 6.29 Å². The van der Waals surface area contributed by atoms with Crippen LogP contribution in [0.3, 0.4) is 0 Å². The molecule has 4 nitrogen and oxygen atoms in total. The molecule has 0 rings (SSSR count). The average molecular weight is 121 g/mol. The van der Waals surface area contributed by atoms with Gasteiger partial charge in [-0.1, -0.05) is 0 Å². The standard InChI is InChI=1S/C4H11NO3/c5-3(1-2-6)4(7)8/h3-4,6-8H,1-2,5H2. The fourth-order valence-electron chi connectivity index (χ4n) is 0.298. The number of aliphatic hydroxyl groups excluding tert-OH is 2. The molecule has 0 aliphatic carbocycles. The van der Waals surface area contributed by atoms with Crippen molar-refractivity contribution in [1.82, 2.24) is 0 Å². The van der Waals surface area contributed by atoms with Crippen molar-refractivity contribution in [2.24, 2.45) is 5.73 Å². The Morgan fingerprint density at radius 2 is 1.88 bits per heavy atom. The van der Waals surface area contributed by atoms with Crippen LogP contribution >= 0.6 is 0 Å². The lowest BCUT2D eigenvalue weighted by atomic mass is 10.2. The molecular formula is C4H11NO3. The summed E-state index contributed by atoms with van der Waals surface area (Å²) >= 11 is 0. The molecule has 0 saturated carbocycles. The lowest BCUT2D eigenvalue weighted by Crippen LogP contribution is -2.34. The molecule has 0 spiro atoms. The SMILES string of the molecule is NC(CCO)C(O)O. The minimum atomic E-state index is -1.51. The van der Waals surface area contributed by atoms with Crippen molar-refractivity contribution in [3.8, 4) is 0 Å². The van der Waals surface area contributed by atoms with Crippen LogP contribution in [0.4, 0.5) is 0 Å². The maximum Gasteiger partial charge on any atom is 0.166 e. The quantitative estimate of drug-likeness (QED) is 0.325. The van der Waals surface area contributed by atoms with Crippen molar-refractivity contribution in [3.05, 3.63) is 0 Å². The Morgan fingerprint density at radius 1 is 1.38 bits per heavy atom. The second-order valence-electron chi connectivity index (χ2n) is 1.59. The highest BCUT2D eigenvalue weighted by atomic mass is 16.5. The molecule has 0 saturated heterocycles. The molecule has 0 aliphatic heterocycles. The zero-order chi connectivity index (χ0) is 6.57. The van der Waals surface area contributed by atoms with Gasteiger partial charge < -0.3 is 21.1 Å². The van der Waals surface area contributed by atoms with Gasteiger partial charge in [-0.25, -0.2) is 0 Å². The zero-order valence-corrected chi connectivity index (χ0v) is 4.49. The van der Waals surface area contributed by atoms with E-state index in [0.717, 1.165) is 0 Å². The van der Waals surface area contributed by atoms with E-state index in [0.29, 0.717) is 0 Å². The largest absolute Gasteiger partial charge is 0.396 e. The molecule has 1 unspecified atom stereocenters. The highest BCUT2D eigenvalue weighted by molar-refractivity contribution is 4.60. The van der Waals surface area contributed by atoms with Gasteiger partial charge >= 0.3 is 0 Å². The molecule has 4 heteroatoms. The summed E-state index contributed by atoms with van der Waals surface area (Å²) in [6, 6.07) is -0.722. The molecule has 0 aromatic rings. The number of nitrogens with two attached hydrogens (primary N) is 1. The first kappa shape index (κ1) is 7.84. The van der Waals surface area contributed by atoms with E-state index in [2.05, 4.69) is 0 Å². The second-order valence-corrected chi connectivity index (χ2v) is 1.59. The molecule has 0 aromatic heterocycles. The van der Waals surface area contributed by atoms with Crippen molar-refractivity contribution >= 4 is 0 Å². The fourth-order valence-corrected chi connectivity index (χ4v) is 0.298. The van der Waals surface area contributed by atoms with Gasteiger partial charge in [0.05, 0.1) is 6.04 Å². The van der Waals surface area contributed by atoms with Gasteiger partial charge in [-0.2, -0.15) is 0 Å². The molecule has 0 radical (unpaired) electrons. The van der Waals surface area contributed by atoms with Crippen molar-refractivity contribution < 1.29 is 15.3 Å². The van der Waals surface area contributed by atoms with Crippen LogP contribution in [-0.2, 0) is 0 Å². The van der Waals surface area contributed by atoms with Crippen LogP contribution in [0.25, 0.3) is 0 Å². The predicted molar refractivity (Wildman–Crippen MR) is 27.9 cm³/mol. The summed E-state index contributed by atoms with van der Waals surface area (Å²) in [4.78, 5) is 0. The van der Waals surface area contributed by atoms with E-state index >= 15 is 0 Å². The Balaban J connectivity index is 3.17. The van der Waals surface area contributed by atoms with E-state index in [1.807, 2.05) is 0 Å². The van der Waals surface area contributed by atoms with Gasteiger partial charge in [-0.05, 0) is 6.42 Å². The molecule has 0 fully saturated rings. The first-order valence-corrected chi connectivity index (χ1v) is 2.41. The summed E-state index contributed by atoms with van der Waals surface area (Å²) in [5.74, 6) is 0. The Morgan fingerprint density at radius 3 is 2.00 bits per heavy atom. The van der Waals surface area contributed by atoms with Crippen LogP contribution in [0.5, 0.6) is 0 Å². The summed E-state index contributed by atoms with van der Waals surface area (Å²) in [6.45, 7) is -0.112. The molecule has 8 heavy (non-hydrogen) atoms. The van der Waals surface area contributed by atoms with E-state index in [-0.39, 0.29) is 13.0 Å². The Kier molecular flexibility index (Phi) is 3.72. The minimum absolute atomic E-state index is 0.112. The Labute approximate surface area is 47.6 Å². The second kappa shape index (κ2) is 3.80. The van der Waals surface area contributed by atoms with E-state index < -0.39 is 12.3 Å². The van der Waals surface area contributed by atoms with Gasteiger partial charge in [0.2, 0.25) is 0 Å². The van der Waals surface area contributed by atoms with E-state index in [1.54, 1.807) is 0 Å². The van der Waals surface area contributed by atoms with E-state index in [4.69, 9.17) is 21.1 Å². The van der Waals surface area contributed by atoms with E-state index in [9.17, 15) is 0 Å². The van der Waals surface area contributed by atoms with Crippen LogP contribution in [-0.4, -0.2) is 34.3 Å². The van der Waals surface area contributed by atoms with Crippen LogP contribution in [0.15, 0.2) is 0 Å². The van der Waals surface area contributed by atoms with Gasteiger partial charge in [0.1, 0.15) is 0 Å².